The van der Waals surface area contributed by atoms with Crippen LogP contribution in [0, 0.1) is 63.4 Å². The van der Waals surface area contributed by atoms with E-state index in [4.69, 9.17) is 10.2 Å². The van der Waals surface area contributed by atoms with E-state index in [1.54, 1.807) is 30.7 Å². The number of aromatic nitrogens is 4. The molecule has 0 saturated heterocycles. The maximum atomic E-state index is 13.2. The summed E-state index contributed by atoms with van der Waals surface area (Å²) >= 11 is 0. The summed E-state index contributed by atoms with van der Waals surface area (Å²) in [7, 11) is 0. The van der Waals surface area contributed by atoms with Crippen LogP contribution < -0.4 is 4.74 Å². The van der Waals surface area contributed by atoms with Crippen LogP contribution in [0.3, 0.4) is 0 Å². The summed E-state index contributed by atoms with van der Waals surface area (Å²) in [6.45, 7) is 25.1. The van der Waals surface area contributed by atoms with Crippen LogP contribution in [-0.2, 0) is 106 Å². The van der Waals surface area contributed by atoms with Gasteiger partial charge in [0.15, 0.2) is 23.1 Å². The number of hydrogen-bond acceptors (Lipinski definition) is 13. The third kappa shape index (κ3) is 37.1. The van der Waals surface area contributed by atoms with Crippen molar-refractivity contribution in [3.8, 4) is 50.8 Å². The van der Waals surface area contributed by atoms with Gasteiger partial charge < -0.3 is 45.1 Å². The van der Waals surface area contributed by atoms with Crippen LogP contribution in [0.25, 0.3) is 88.1 Å². The zero-order valence-corrected chi connectivity index (χ0v) is 77.7. The molecule has 0 spiro atoms. The normalized spacial score (nSPS) is 11.5. The predicted molar refractivity (Wildman–Crippen MR) is 439 cm³/mol. The van der Waals surface area contributed by atoms with Gasteiger partial charge in [0.05, 0.1) is 11.5 Å². The van der Waals surface area contributed by atoms with Gasteiger partial charge in [-0.1, -0.05) is 192 Å². The number of hydrogen-bond donors (Lipinski definition) is 4. The zero-order valence-electron chi connectivity index (χ0n) is 68.1. The Morgan fingerprint density at radius 3 is 1.11 bits per heavy atom. The first-order valence-corrected chi connectivity index (χ1v) is 35.9. The Balaban J connectivity index is 0.000000692. The molecule has 0 amide bonds. The first-order chi connectivity index (χ1) is 53.7. The molecule has 4 radical (unpaired) electrons. The standard InChI is InChI=1S/C16H9F3N.C16H10F2NO.C15H8F2N.C15H9FN.2C11H20O2.2C5H8O2.4Ir/c17-16(18,19)13-7-5-12(6-8-13)15-14-4-2-1-3-11(14)9-10-20-15;17-16(18)20-13-7-5-12(6-8-13)15-14-4-2-1-3-11(14)9-10-19-15;16-12-7-11(8-13(17)9-12)15-14-4-2-1-3-10(14)5-6-18-15;16-14-7-5-11(6-8-14)15-9-12-3-1-2-4-13(12)10-17-15;2*1-10(2,3)8(12)7-9(13)11(4,5)6;2*1-4(6)3-5(2)7;;;;/h1-5,7-10H;1-5,7-10,16H;1-7,9H;1-5,7-10H;2*7,12H,1-6H3;2*3,6H,1-2H3;;;;/q4*-1;;;;;;;;. The fourth-order valence-corrected chi connectivity index (χ4v) is 9.61. The van der Waals surface area contributed by atoms with E-state index in [2.05, 4.69) is 48.9 Å². The number of nitrogens with zero attached hydrogens (tertiary/aromatic N) is 4. The molecule has 0 saturated carbocycles. The average molecular weight is 2340 g/mol. The second-order valence-corrected chi connectivity index (χ2v) is 29.9. The molecule has 4 heterocycles. The second-order valence-electron chi connectivity index (χ2n) is 29.9. The van der Waals surface area contributed by atoms with E-state index < -0.39 is 40.8 Å². The van der Waals surface area contributed by atoms with Gasteiger partial charge in [-0.2, -0.15) is 22.0 Å². The third-order valence-corrected chi connectivity index (χ3v) is 15.8. The summed E-state index contributed by atoms with van der Waals surface area (Å²) in [6, 6.07) is 64.1. The minimum absolute atomic E-state index is 0. The van der Waals surface area contributed by atoms with Gasteiger partial charge in [-0.05, 0) is 117 Å². The molecular formula is C94H92F8Ir4N4O9-4. The first-order valence-electron chi connectivity index (χ1n) is 35.9. The molecule has 0 aliphatic heterocycles. The third-order valence-electron chi connectivity index (χ3n) is 15.8. The second kappa shape index (κ2) is 49.6. The predicted octanol–water partition coefficient (Wildman–Crippen LogP) is 25.1. The quantitative estimate of drug-likeness (QED) is 0.0435. The summed E-state index contributed by atoms with van der Waals surface area (Å²) in [4.78, 5) is 60.2. The van der Waals surface area contributed by atoms with E-state index in [0.29, 0.717) is 22.5 Å². The number of halogens is 8. The van der Waals surface area contributed by atoms with Gasteiger partial charge in [0, 0.05) is 174 Å². The molecule has 12 rings (SSSR count). The summed E-state index contributed by atoms with van der Waals surface area (Å²) in [5, 5.41) is 43.8. The molecule has 0 atom stereocenters. The molecule has 119 heavy (non-hydrogen) atoms. The molecule has 13 nitrogen and oxygen atoms in total. The van der Waals surface area contributed by atoms with Crippen molar-refractivity contribution in [1.29, 1.82) is 0 Å². The molecule has 0 fully saturated rings. The van der Waals surface area contributed by atoms with Gasteiger partial charge in [-0.3, -0.25) is 23.6 Å². The van der Waals surface area contributed by atoms with Crippen LogP contribution in [-0.4, -0.2) is 70.1 Å². The number of benzene rings is 8. The van der Waals surface area contributed by atoms with E-state index in [-0.39, 0.29) is 149 Å². The van der Waals surface area contributed by atoms with Crippen molar-refractivity contribution in [1.82, 2.24) is 19.9 Å². The number of allylic oxidation sites excluding steroid dienone is 8. The Labute approximate surface area is 743 Å². The summed E-state index contributed by atoms with van der Waals surface area (Å²) < 4.78 is 105. The molecule has 638 valence electrons. The monoisotopic (exact) mass is 2340 g/mol. The Morgan fingerprint density at radius 2 is 0.782 bits per heavy atom. The van der Waals surface area contributed by atoms with E-state index >= 15 is 0 Å². The van der Waals surface area contributed by atoms with Gasteiger partial charge in [0.2, 0.25) is 0 Å². The summed E-state index contributed by atoms with van der Waals surface area (Å²) in [6.07, 6.45) is 7.45. The molecule has 0 bridgehead atoms. The van der Waals surface area contributed by atoms with Crippen LogP contribution in [0.15, 0.2) is 260 Å². The molecule has 8 aromatic carbocycles. The van der Waals surface area contributed by atoms with Gasteiger partial charge in [0.25, 0.3) is 0 Å². The summed E-state index contributed by atoms with van der Waals surface area (Å²) in [5.41, 5.74) is 2.93. The van der Waals surface area contributed by atoms with E-state index in [9.17, 15) is 64.5 Å². The first kappa shape index (κ1) is 107. The van der Waals surface area contributed by atoms with Crippen molar-refractivity contribution in [2.75, 3.05) is 0 Å². The SMILES string of the molecule is CC(=O)C=C(C)O.CC(=O)C=C(C)O.CC(C)(C)C(=O)C=C(O)C(C)(C)C.CC(C)(C)C(=O)C=C(O)C(C)(C)C.FC(F)(F)c1c[c-]c(-c2nccc3ccccc23)cc1.FC(F)Oc1c[c-]c(-c2nccc3ccccc23)cc1.Fc1[c-]c(-c2nccc3ccccc23)cc(F)c1.Fc1c[c-]c(-c2cc3ccccc3cn2)cc1.[Ir].[Ir].[Ir].[Ir]. The van der Waals surface area contributed by atoms with Gasteiger partial charge in [0.1, 0.15) is 11.5 Å². The summed E-state index contributed by atoms with van der Waals surface area (Å²) in [5.74, 6) is -1.46. The molecule has 0 aliphatic rings. The smallest absolute Gasteiger partial charge is 0.381 e. The molecule has 0 unspecified atom stereocenters. The largest absolute Gasteiger partial charge is 0.512 e. The Kier molecular flexibility index (Phi) is 44.6. The van der Waals surface area contributed by atoms with Crippen molar-refractivity contribution in [2.24, 2.45) is 21.7 Å². The van der Waals surface area contributed by atoms with Crippen molar-refractivity contribution in [3.63, 3.8) is 0 Å². The van der Waals surface area contributed by atoms with E-state index in [1.165, 1.54) is 88.4 Å². The maximum Gasteiger partial charge on any atom is 0.381 e. The van der Waals surface area contributed by atoms with Crippen LogP contribution in [0.2, 0.25) is 0 Å². The minimum Gasteiger partial charge on any atom is -0.512 e. The number of fused-ring (bicyclic) bond motifs is 4. The topological polar surface area (TPSA) is 210 Å². The molecule has 12 aromatic rings. The minimum atomic E-state index is -4.35. The van der Waals surface area contributed by atoms with Crippen molar-refractivity contribution in [3.05, 3.63) is 307 Å². The van der Waals surface area contributed by atoms with Crippen molar-refractivity contribution in [2.45, 2.75) is 124 Å². The number of ketones is 4. The Hall–Kier alpha value is -9.92. The molecular weight excluding hydrogens is 2250 g/mol. The molecule has 4 N–H and O–H groups in total. The molecule has 0 aliphatic carbocycles. The van der Waals surface area contributed by atoms with Crippen LogP contribution >= 0.6 is 0 Å². The molecule has 25 heteroatoms. The fourth-order valence-electron chi connectivity index (χ4n) is 9.61. The van der Waals surface area contributed by atoms with Crippen LogP contribution in [0.4, 0.5) is 35.1 Å². The zero-order chi connectivity index (χ0) is 85.8. The Bertz CT molecular complexity index is 5280. The number of pyridine rings is 4. The van der Waals surface area contributed by atoms with Crippen LogP contribution in [0.5, 0.6) is 5.75 Å². The van der Waals surface area contributed by atoms with Crippen molar-refractivity contribution >= 4 is 66.2 Å². The number of rotatable bonds is 10. The van der Waals surface area contributed by atoms with Gasteiger partial charge >= 0.3 is 12.8 Å². The van der Waals surface area contributed by atoms with E-state index in [0.717, 1.165) is 83.8 Å². The van der Waals surface area contributed by atoms with E-state index in [1.807, 2.05) is 211 Å². The fraction of sp³-hybridized carbons (Fsp3) is 0.234. The number of carbonyl (C=O) groups is 4. The number of aliphatic hydroxyl groups excluding tert-OH is 4. The number of alkyl halides is 5. The van der Waals surface area contributed by atoms with Crippen molar-refractivity contribution < 1.29 is 160 Å². The van der Waals surface area contributed by atoms with Gasteiger partial charge in [-0.15, -0.1) is 107 Å². The average Bonchev–Trinajstić information content (AvgIpc) is 0.815. The number of aliphatic hydroxyl groups is 4. The molecule has 4 aromatic heterocycles. The maximum absolute atomic E-state index is 13.2. The number of carbonyl (C=O) groups excluding carboxylic acids is 4. The number of ether oxygens (including phenoxy) is 1. The van der Waals surface area contributed by atoms with Gasteiger partial charge in [-0.25, -0.2) is 8.78 Å². The Morgan fingerprint density at radius 1 is 0.403 bits per heavy atom. The van der Waals surface area contributed by atoms with Crippen LogP contribution in [0.1, 0.15) is 116 Å².